The Kier molecular flexibility index (Phi) is 7.13. The highest BCUT2D eigenvalue weighted by Crippen LogP contribution is 2.32. The minimum absolute atomic E-state index is 0.110. The van der Waals surface area contributed by atoms with Crippen molar-refractivity contribution in [3.05, 3.63) is 52.3 Å². The molecular formula is C26H35ClN4O2. The van der Waals surface area contributed by atoms with E-state index >= 15 is 0 Å². The van der Waals surface area contributed by atoms with Gasteiger partial charge in [0.05, 0.1) is 12.2 Å². The van der Waals surface area contributed by atoms with Gasteiger partial charge in [0.1, 0.15) is 11.2 Å². The molecule has 2 aliphatic rings. The summed E-state index contributed by atoms with van der Waals surface area (Å²) in [7, 11) is 0. The minimum atomic E-state index is -1.06. The quantitative estimate of drug-likeness (QED) is 0.644. The molecule has 2 aromatic rings. The highest BCUT2D eigenvalue weighted by atomic mass is 35.5. The van der Waals surface area contributed by atoms with E-state index in [4.69, 9.17) is 11.6 Å². The van der Waals surface area contributed by atoms with Gasteiger partial charge >= 0.3 is 0 Å². The minimum Gasteiger partial charge on any atom is -0.351 e. The molecule has 7 heteroatoms. The Morgan fingerprint density at radius 2 is 1.85 bits per heavy atom. The molecule has 0 saturated heterocycles. The number of carbonyl (C=O) groups excluding carboxylic acids is 2. The third-order valence-corrected chi connectivity index (χ3v) is 7.49. The summed E-state index contributed by atoms with van der Waals surface area (Å²) in [6, 6.07) is 9.51. The Labute approximate surface area is 201 Å². The van der Waals surface area contributed by atoms with Crippen molar-refractivity contribution >= 4 is 23.4 Å². The fraction of sp³-hybridized carbons (Fsp3) is 0.577. The lowest BCUT2D eigenvalue weighted by molar-refractivity contribution is -0.134. The molecular weight excluding hydrogens is 436 g/mol. The maximum Gasteiger partial charge on any atom is 0.273 e. The van der Waals surface area contributed by atoms with Crippen molar-refractivity contribution in [2.24, 2.45) is 0 Å². The summed E-state index contributed by atoms with van der Waals surface area (Å²) in [5, 5.41) is 8.57. The van der Waals surface area contributed by atoms with Gasteiger partial charge in [0.2, 0.25) is 5.91 Å². The van der Waals surface area contributed by atoms with Crippen LogP contribution >= 0.6 is 11.6 Å². The Morgan fingerprint density at radius 1 is 1.18 bits per heavy atom. The van der Waals surface area contributed by atoms with Gasteiger partial charge in [-0.15, -0.1) is 0 Å². The molecule has 1 atom stereocenters. The van der Waals surface area contributed by atoms with E-state index < -0.39 is 5.54 Å². The third-order valence-electron chi connectivity index (χ3n) is 7.12. The van der Waals surface area contributed by atoms with Crippen LogP contribution in [0.2, 0.25) is 5.02 Å². The predicted octanol–water partition coefficient (Wildman–Crippen LogP) is 5.30. The number of carbonyl (C=O) groups is 2. The number of nitrogens with one attached hydrogen (secondary N) is 1. The summed E-state index contributed by atoms with van der Waals surface area (Å²) >= 11 is 6.44. The number of hydrogen-bond acceptors (Lipinski definition) is 3. The second kappa shape index (κ2) is 9.88. The van der Waals surface area contributed by atoms with Gasteiger partial charge in [-0.25, -0.2) is 0 Å². The van der Waals surface area contributed by atoms with Crippen molar-refractivity contribution in [1.29, 1.82) is 0 Å². The number of amides is 2. The van der Waals surface area contributed by atoms with Gasteiger partial charge in [0.25, 0.3) is 5.91 Å². The summed E-state index contributed by atoms with van der Waals surface area (Å²) in [6.07, 6.45) is 7.95. The number of hydrogen-bond donors (Lipinski definition) is 1. The first-order chi connectivity index (χ1) is 15.8. The van der Waals surface area contributed by atoms with Crippen LogP contribution in [0.5, 0.6) is 0 Å². The number of fused-ring (bicyclic) bond motifs is 1. The van der Waals surface area contributed by atoms with Crippen molar-refractivity contribution in [1.82, 2.24) is 20.0 Å². The molecule has 2 heterocycles. The lowest BCUT2D eigenvalue weighted by Crippen LogP contribution is -2.64. The van der Waals surface area contributed by atoms with E-state index in [1.165, 1.54) is 19.3 Å². The normalized spacial score (nSPS) is 22.1. The summed E-state index contributed by atoms with van der Waals surface area (Å²) in [5.41, 5.74) is 1.16. The third kappa shape index (κ3) is 4.96. The van der Waals surface area contributed by atoms with Gasteiger partial charge in [-0.1, -0.05) is 75.8 Å². The molecule has 1 saturated carbocycles. The number of nitrogens with zero attached hydrogens (tertiary/aromatic N) is 3. The van der Waals surface area contributed by atoms with Gasteiger partial charge in [-0.05, 0) is 43.4 Å². The second-order valence-electron chi connectivity index (χ2n) is 10.0. The molecule has 0 radical (unpaired) electrons. The molecule has 1 aromatic carbocycles. The fourth-order valence-corrected chi connectivity index (χ4v) is 5.13. The van der Waals surface area contributed by atoms with Crippen molar-refractivity contribution in [3.8, 4) is 0 Å². The zero-order valence-corrected chi connectivity index (χ0v) is 20.7. The molecule has 1 aliphatic carbocycles. The number of aromatic nitrogens is 2. The maximum atomic E-state index is 13.8. The molecule has 2 amide bonds. The van der Waals surface area contributed by atoms with Crippen LogP contribution in [0.15, 0.2) is 30.3 Å². The second-order valence-corrected chi connectivity index (χ2v) is 10.4. The summed E-state index contributed by atoms with van der Waals surface area (Å²) < 4.78 is 1.72. The Balaban J connectivity index is 1.67. The highest BCUT2D eigenvalue weighted by Gasteiger charge is 2.48. The molecule has 4 rings (SSSR count). The highest BCUT2D eigenvalue weighted by molar-refractivity contribution is 6.31. The predicted molar refractivity (Wildman–Crippen MR) is 130 cm³/mol. The number of benzene rings is 1. The molecule has 1 unspecified atom stereocenters. The molecule has 1 aliphatic heterocycles. The Bertz CT molecular complexity index is 1010. The molecule has 0 spiro atoms. The number of rotatable bonds is 5. The lowest BCUT2D eigenvalue weighted by Gasteiger charge is -2.44. The molecule has 33 heavy (non-hydrogen) atoms. The maximum absolute atomic E-state index is 13.8. The van der Waals surface area contributed by atoms with E-state index in [1.54, 1.807) is 9.58 Å². The van der Waals surface area contributed by atoms with Crippen LogP contribution in [0, 0.1) is 0 Å². The van der Waals surface area contributed by atoms with E-state index in [0.717, 1.165) is 36.9 Å². The van der Waals surface area contributed by atoms with Crippen LogP contribution in [-0.4, -0.2) is 38.1 Å². The monoisotopic (exact) mass is 470 g/mol. The largest absolute Gasteiger partial charge is 0.351 e. The average molecular weight is 471 g/mol. The zero-order chi connectivity index (χ0) is 23.6. The van der Waals surface area contributed by atoms with Crippen LogP contribution in [0.1, 0.15) is 93.4 Å². The van der Waals surface area contributed by atoms with E-state index in [1.807, 2.05) is 37.3 Å². The molecule has 6 nitrogen and oxygen atoms in total. The Morgan fingerprint density at radius 3 is 2.52 bits per heavy atom. The molecule has 1 aromatic heterocycles. The van der Waals surface area contributed by atoms with Gasteiger partial charge in [-0.3, -0.25) is 14.3 Å². The van der Waals surface area contributed by atoms with E-state index in [-0.39, 0.29) is 30.3 Å². The lowest BCUT2D eigenvalue weighted by atomic mass is 9.91. The molecule has 178 valence electrons. The first-order valence-corrected chi connectivity index (χ1v) is 12.6. The standard InChI is InChI=1S/C26H35ClN4O2/c1-18(2)22-15-23-24(32)30(16-19-11-9-10-14-21(19)27)26(3,17-31(23)29-22)25(33)28-20-12-7-5-4-6-8-13-20/h9-11,14-15,18,20H,4-8,12-13,16-17H2,1-3H3,(H,28,33). The van der Waals surface area contributed by atoms with E-state index in [0.29, 0.717) is 17.3 Å². The fourth-order valence-electron chi connectivity index (χ4n) is 4.93. The van der Waals surface area contributed by atoms with E-state index in [9.17, 15) is 9.59 Å². The summed E-state index contributed by atoms with van der Waals surface area (Å²) in [5.74, 6) is -0.0977. The topological polar surface area (TPSA) is 67.2 Å². The van der Waals surface area contributed by atoms with Gasteiger partial charge in [0.15, 0.2) is 0 Å². The van der Waals surface area contributed by atoms with Crippen molar-refractivity contribution in [2.75, 3.05) is 0 Å². The van der Waals surface area contributed by atoms with Gasteiger partial charge < -0.3 is 10.2 Å². The van der Waals surface area contributed by atoms with Crippen molar-refractivity contribution in [2.45, 2.75) is 96.3 Å². The van der Waals surface area contributed by atoms with Crippen LogP contribution in [0.25, 0.3) is 0 Å². The van der Waals surface area contributed by atoms with Crippen LogP contribution in [0.4, 0.5) is 0 Å². The first-order valence-electron chi connectivity index (χ1n) is 12.2. The average Bonchev–Trinajstić information content (AvgIpc) is 3.18. The molecule has 1 fully saturated rings. The van der Waals surface area contributed by atoms with Crippen molar-refractivity contribution < 1.29 is 9.59 Å². The number of halogens is 1. The Hall–Kier alpha value is -2.34. The van der Waals surface area contributed by atoms with Gasteiger partial charge in [-0.2, -0.15) is 5.10 Å². The van der Waals surface area contributed by atoms with Crippen molar-refractivity contribution in [3.63, 3.8) is 0 Å². The first kappa shape index (κ1) is 23.8. The summed E-state index contributed by atoms with van der Waals surface area (Å²) in [6.45, 7) is 6.57. The zero-order valence-electron chi connectivity index (χ0n) is 19.9. The van der Waals surface area contributed by atoms with Crippen LogP contribution in [0.3, 0.4) is 0 Å². The van der Waals surface area contributed by atoms with Gasteiger partial charge in [0, 0.05) is 17.6 Å². The van der Waals surface area contributed by atoms with E-state index in [2.05, 4.69) is 24.3 Å². The summed E-state index contributed by atoms with van der Waals surface area (Å²) in [4.78, 5) is 29.2. The molecule has 1 N–H and O–H groups in total. The molecule has 0 bridgehead atoms. The smallest absolute Gasteiger partial charge is 0.273 e. The SMILES string of the molecule is CC(C)c1cc2n(n1)CC(C)(C(=O)NC1CCCCCCC1)N(Cc1ccccc1Cl)C2=O. The van der Waals surface area contributed by atoms with Crippen LogP contribution < -0.4 is 5.32 Å². The van der Waals surface area contributed by atoms with Crippen LogP contribution in [-0.2, 0) is 17.9 Å².